The van der Waals surface area contributed by atoms with Gasteiger partial charge in [0.05, 0.1) is 30.1 Å². The van der Waals surface area contributed by atoms with Gasteiger partial charge in [-0.15, -0.1) is 0 Å². The topological polar surface area (TPSA) is 53.1 Å². The zero-order valence-electron chi connectivity index (χ0n) is 10.0. The quantitative estimate of drug-likeness (QED) is 0.944. The van der Waals surface area contributed by atoms with Crippen molar-refractivity contribution in [3.8, 4) is 5.75 Å². The van der Waals surface area contributed by atoms with Crippen molar-refractivity contribution >= 4 is 23.2 Å². The molecule has 0 amide bonds. The molecule has 4 nitrogen and oxygen atoms in total. The second-order valence-corrected chi connectivity index (χ2v) is 4.71. The van der Waals surface area contributed by atoms with E-state index in [1.807, 2.05) is 6.07 Å². The van der Waals surface area contributed by atoms with Crippen LogP contribution < -0.4 is 10.5 Å². The second kappa shape index (κ2) is 5.18. The molecule has 0 fully saturated rings. The average Bonchev–Trinajstić information content (AvgIpc) is 2.68. The van der Waals surface area contributed by atoms with Crippen LogP contribution in [0.5, 0.6) is 5.75 Å². The number of hydrogen-bond donors (Lipinski definition) is 1. The molecule has 0 aliphatic carbocycles. The Labute approximate surface area is 115 Å². The number of ether oxygens (including phenoxy) is 1. The van der Waals surface area contributed by atoms with E-state index in [4.69, 9.17) is 33.7 Å². The van der Waals surface area contributed by atoms with Crippen LogP contribution in [0.1, 0.15) is 17.3 Å². The van der Waals surface area contributed by atoms with Gasteiger partial charge in [-0.3, -0.25) is 4.68 Å². The third-order valence-corrected chi connectivity index (χ3v) is 3.29. The van der Waals surface area contributed by atoms with E-state index >= 15 is 0 Å². The maximum absolute atomic E-state index is 6.22. The number of aromatic nitrogens is 2. The van der Waals surface area contributed by atoms with Gasteiger partial charge >= 0.3 is 0 Å². The van der Waals surface area contributed by atoms with Crippen LogP contribution in [0.4, 0.5) is 0 Å². The molecule has 96 valence electrons. The van der Waals surface area contributed by atoms with Crippen molar-refractivity contribution in [1.82, 2.24) is 9.78 Å². The summed E-state index contributed by atoms with van der Waals surface area (Å²) in [5.41, 5.74) is 7.77. The van der Waals surface area contributed by atoms with Gasteiger partial charge in [-0.25, -0.2) is 0 Å². The predicted molar refractivity (Wildman–Crippen MR) is 72.3 cm³/mol. The van der Waals surface area contributed by atoms with E-state index in [2.05, 4.69) is 5.10 Å². The molecule has 2 rings (SSSR count). The van der Waals surface area contributed by atoms with Crippen LogP contribution in [0.15, 0.2) is 24.4 Å². The average molecular weight is 286 g/mol. The molecule has 1 aromatic heterocycles. The monoisotopic (exact) mass is 285 g/mol. The fourth-order valence-corrected chi connectivity index (χ4v) is 2.30. The predicted octanol–water partition coefficient (Wildman–Crippen LogP) is 2.78. The van der Waals surface area contributed by atoms with Crippen molar-refractivity contribution in [2.45, 2.75) is 6.04 Å². The Morgan fingerprint density at radius 2 is 2.11 bits per heavy atom. The fourth-order valence-electron chi connectivity index (χ4n) is 1.86. The summed E-state index contributed by atoms with van der Waals surface area (Å²) in [6, 6.07) is 4.90. The normalized spacial score (nSPS) is 12.5. The van der Waals surface area contributed by atoms with Gasteiger partial charge in [0.25, 0.3) is 0 Å². The summed E-state index contributed by atoms with van der Waals surface area (Å²) in [6.07, 6.45) is 1.57. The standard InChI is InChI=1S/C12H13Cl2N3O/c1-17-12(9(14)6-16-17)11(15)8-4-3-7(13)5-10(8)18-2/h3-6,11H,15H2,1-2H3. The number of nitrogens with zero attached hydrogens (tertiary/aromatic N) is 2. The van der Waals surface area contributed by atoms with Crippen molar-refractivity contribution in [3.63, 3.8) is 0 Å². The zero-order chi connectivity index (χ0) is 13.3. The molecule has 0 aliphatic heterocycles. The van der Waals surface area contributed by atoms with Crippen LogP contribution in [0, 0.1) is 0 Å². The van der Waals surface area contributed by atoms with Crippen LogP contribution in [-0.4, -0.2) is 16.9 Å². The fraction of sp³-hybridized carbons (Fsp3) is 0.250. The molecule has 0 radical (unpaired) electrons. The molecule has 1 atom stereocenters. The lowest BCUT2D eigenvalue weighted by Crippen LogP contribution is -2.17. The maximum Gasteiger partial charge on any atom is 0.125 e. The molecule has 1 heterocycles. The summed E-state index contributed by atoms with van der Waals surface area (Å²) in [6.45, 7) is 0. The number of aryl methyl sites for hydroxylation is 1. The van der Waals surface area contributed by atoms with Gasteiger partial charge in [0.1, 0.15) is 5.75 Å². The van der Waals surface area contributed by atoms with Gasteiger partial charge in [-0.1, -0.05) is 29.3 Å². The van der Waals surface area contributed by atoms with E-state index in [9.17, 15) is 0 Å². The lowest BCUT2D eigenvalue weighted by molar-refractivity contribution is 0.407. The zero-order valence-corrected chi connectivity index (χ0v) is 11.5. The van der Waals surface area contributed by atoms with E-state index in [-0.39, 0.29) is 0 Å². The molecule has 0 bridgehead atoms. The molecule has 6 heteroatoms. The van der Waals surface area contributed by atoms with Crippen molar-refractivity contribution in [3.05, 3.63) is 45.7 Å². The molecule has 1 unspecified atom stereocenters. The van der Waals surface area contributed by atoms with Gasteiger partial charge in [0.2, 0.25) is 0 Å². The molecule has 1 aromatic carbocycles. The molecule has 2 aromatic rings. The Morgan fingerprint density at radius 3 is 2.67 bits per heavy atom. The summed E-state index contributed by atoms with van der Waals surface area (Å²) in [5.74, 6) is 0.632. The lowest BCUT2D eigenvalue weighted by atomic mass is 10.0. The SMILES string of the molecule is COc1cc(Cl)ccc1C(N)c1c(Cl)cnn1C. The Bertz CT molecular complexity index is 549. The van der Waals surface area contributed by atoms with Gasteiger partial charge in [0, 0.05) is 17.6 Å². The minimum atomic E-state index is -0.419. The number of halogens is 2. The van der Waals surface area contributed by atoms with Crippen LogP contribution in [0.2, 0.25) is 10.0 Å². The van der Waals surface area contributed by atoms with Crippen molar-refractivity contribution in [2.75, 3.05) is 7.11 Å². The first kappa shape index (κ1) is 13.2. The van der Waals surface area contributed by atoms with Crippen LogP contribution in [0.25, 0.3) is 0 Å². The summed E-state index contributed by atoms with van der Waals surface area (Å²) in [4.78, 5) is 0. The maximum atomic E-state index is 6.22. The molecule has 18 heavy (non-hydrogen) atoms. The number of nitrogens with two attached hydrogens (primary N) is 1. The first-order chi connectivity index (χ1) is 8.54. The summed E-state index contributed by atoms with van der Waals surface area (Å²) in [7, 11) is 3.37. The number of hydrogen-bond acceptors (Lipinski definition) is 3. The first-order valence-corrected chi connectivity index (χ1v) is 6.06. The van der Waals surface area contributed by atoms with Gasteiger partial charge in [0.15, 0.2) is 0 Å². The largest absolute Gasteiger partial charge is 0.496 e. The van der Waals surface area contributed by atoms with E-state index in [0.29, 0.717) is 15.8 Å². The van der Waals surface area contributed by atoms with E-state index in [0.717, 1.165) is 11.3 Å². The highest BCUT2D eigenvalue weighted by molar-refractivity contribution is 6.31. The molecule has 0 aliphatic rings. The van der Waals surface area contributed by atoms with Crippen molar-refractivity contribution < 1.29 is 4.74 Å². The van der Waals surface area contributed by atoms with E-state index < -0.39 is 6.04 Å². The summed E-state index contributed by atoms with van der Waals surface area (Å²) < 4.78 is 6.94. The third-order valence-electron chi connectivity index (χ3n) is 2.76. The van der Waals surface area contributed by atoms with Crippen LogP contribution >= 0.6 is 23.2 Å². The summed E-state index contributed by atoms with van der Waals surface area (Å²) in [5, 5.41) is 5.20. The molecular weight excluding hydrogens is 273 g/mol. The smallest absolute Gasteiger partial charge is 0.125 e. The molecular formula is C12H13Cl2N3O. The first-order valence-electron chi connectivity index (χ1n) is 5.31. The second-order valence-electron chi connectivity index (χ2n) is 3.87. The number of rotatable bonds is 3. The highest BCUT2D eigenvalue weighted by Gasteiger charge is 2.20. The Balaban J connectivity index is 2.49. The summed E-state index contributed by atoms with van der Waals surface area (Å²) >= 11 is 12.0. The Kier molecular flexibility index (Phi) is 3.80. The van der Waals surface area contributed by atoms with Crippen LogP contribution in [-0.2, 0) is 7.05 Å². The van der Waals surface area contributed by atoms with Crippen molar-refractivity contribution in [1.29, 1.82) is 0 Å². The molecule has 0 spiro atoms. The Morgan fingerprint density at radius 1 is 1.39 bits per heavy atom. The number of methoxy groups -OCH3 is 1. The minimum absolute atomic E-state index is 0.419. The van der Waals surface area contributed by atoms with E-state index in [1.54, 1.807) is 37.2 Å². The minimum Gasteiger partial charge on any atom is -0.496 e. The number of benzene rings is 1. The lowest BCUT2D eigenvalue weighted by Gasteiger charge is -2.16. The van der Waals surface area contributed by atoms with Gasteiger partial charge in [-0.05, 0) is 12.1 Å². The van der Waals surface area contributed by atoms with Gasteiger partial charge < -0.3 is 10.5 Å². The van der Waals surface area contributed by atoms with Crippen molar-refractivity contribution in [2.24, 2.45) is 12.8 Å². The Hall–Kier alpha value is -1.23. The van der Waals surface area contributed by atoms with E-state index in [1.165, 1.54) is 0 Å². The highest BCUT2D eigenvalue weighted by atomic mass is 35.5. The highest BCUT2D eigenvalue weighted by Crippen LogP contribution is 2.33. The molecule has 0 saturated carbocycles. The van der Waals surface area contributed by atoms with Crippen LogP contribution in [0.3, 0.4) is 0 Å². The van der Waals surface area contributed by atoms with Gasteiger partial charge in [-0.2, -0.15) is 5.10 Å². The molecule has 2 N–H and O–H groups in total. The third kappa shape index (κ3) is 2.32. The molecule has 0 saturated heterocycles.